The first-order valence-electron chi connectivity index (χ1n) is 11.2. The van der Waals surface area contributed by atoms with E-state index in [2.05, 4.69) is 30.2 Å². The number of aryl methyl sites for hydroxylation is 1. The summed E-state index contributed by atoms with van der Waals surface area (Å²) in [7, 11) is 0. The quantitative estimate of drug-likeness (QED) is 0.212. The molecular weight excluding hydrogens is 585 g/mol. The van der Waals surface area contributed by atoms with Crippen molar-refractivity contribution in [1.82, 2.24) is 15.0 Å². The number of aliphatic hydroxyl groups excluding tert-OH is 3. The molecule has 0 aliphatic rings. The number of nitrogens with zero attached hydrogens (tertiary/aromatic N) is 3. The van der Waals surface area contributed by atoms with Crippen molar-refractivity contribution in [1.29, 1.82) is 0 Å². The lowest BCUT2D eigenvalue weighted by Gasteiger charge is -2.27. The molecule has 2 atom stereocenters. The van der Waals surface area contributed by atoms with Crippen LogP contribution in [0.4, 0.5) is 0 Å². The molecule has 35 heavy (non-hydrogen) atoms. The number of rotatable bonds is 12. The largest absolute Gasteiger partial charge is 0.491 e. The minimum Gasteiger partial charge on any atom is -0.491 e. The Bertz CT molecular complexity index is 1110. The molecule has 8 nitrogen and oxygen atoms in total. The van der Waals surface area contributed by atoms with Crippen LogP contribution < -0.4 is 9.47 Å². The molecule has 3 rings (SSSR count). The Balaban J connectivity index is 1.60. The molecule has 0 aliphatic heterocycles. The lowest BCUT2D eigenvalue weighted by Crippen LogP contribution is -2.25. The Labute approximate surface area is 224 Å². The second-order valence-corrected chi connectivity index (χ2v) is 10.2. The highest BCUT2D eigenvalue weighted by atomic mass is 127. The molecule has 1 heterocycles. The second-order valence-electron chi connectivity index (χ2n) is 8.88. The van der Waals surface area contributed by atoms with Gasteiger partial charge in [0.15, 0.2) is 0 Å². The molecule has 1 aromatic heterocycles. The highest BCUT2D eigenvalue weighted by Gasteiger charge is 2.24. The van der Waals surface area contributed by atoms with E-state index in [0.29, 0.717) is 15.1 Å². The van der Waals surface area contributed by atoms with Crippen LogP contribution in [0.3, 0.4) is 0 Å². The van der Waals surface area contributed by atoms with Gasteiger partial charge in [-0.2, -0.15) is 0 Å². The van der Waals surface area contributed by atoms with Crippen LogP contribution in [0, 0.1) is 10.6 Å². The monoisotopic (exact) mass is 615 g/mol. The topological polar surface area (TPSA) is 110 Å². The molecule has 10 heteroatoms. The van der Waals surface area contributed by atoms with Gasteiger partial charge in [0.2, 0.25) is 0 Å². The molecule has 0 aliphatic carbocycles. The minimum atomic E-state index is -0.776. The first-order valence-corrected chi connectivity index (χ1v) is 12.8. The van der Waals surface area contributed by atoms with Crippen molar-refractivity contribution in [3.05, 3.63) is 68.5 Å². The third-order valence-electron chi connectivity index (χ3n) is 5.80. The maximum Gasteiger partial charge on any atom is 0.125 e. The molecule has 3 aromatic rings. The highest BCUT2D eigenvalue weighted by Crippen LogP contribution is 2.34. The van der Waals surface area contributed by atoms with Gasteiger partial charge in [0, 0.05) is 5.41 Å². The van der Waals surface area contributed by atoms with Gasteiger partial charge in [-0.05, 0) is 64.4 Å². The van der Waals surface area contributed by atoms with Crippen molar-refractivity contribution < 1.29 is 24.8 Å². The summed E-state index contributed by atoms with van der Waals surface area (Å²) in [6.07, 6.45) is -1.47. The first kappa shape index (κ1) is 27.7. The van der Waals surface area contributed by atoms with Gasteiger partial charge in [-0.3, -0.25) is 0 Å². The van der Waals surface area contributed by atoms with Gasteiger partial charge in [-0.25, -0.2) is 4.68 Å². The Morgan fingerprint density at radius 2 is 1.69 bits per heavy atom. The summed E-state index contributed by atoms with van der Waals surface area (Å²) in [5.41, 5.74) is 3.46. The van der Waals surface area contributed by atoms with Crippen LogP contribution in [-0.4, -0.2) is 61.6 Å². The van der Waals surface area contributed by atoms with Gasteiger partial charge in [0.05, 0.1) is 19.0 Å². The van der Waals surface area contributed by atoms with E-state index >= 15 is 0 Å². The number of benzene rings is 2. The van der Waals surface area contributed by atoms with E-state index in [4.69, 9.17) is 21.1 Å². The summed E-state index contributed by atoms with van der Waals surface area (Å²) in [6.45, 7) is 6.58. The second kappa shape index (κ2) is 12.4. The van der Waals surface area contributed by atoms with Crippen molar-refractivity contribution in [2.75, 3.05) is 19.1 Å². The fourth-order valence-corrected chi connectivity index (χ4v) is 4.22. The number of hydrogen-bond acceptors (Lipinski definition) is 7. The summed E-state index contributed by atoms with van der Waals surface area (Å²) in [5, 5.41) is 37.0. The van der Waals surface area contributed by atoms with Gasteiger partial charge in [0.25, 0.3) is 0 Å². The Hall–Kier alpha value is -1.92. The van der Waals surface area contributed by atoms with Crippen molar-refractivity contribution in [3.63, 3.8) is 0 Å². The van der Waals surface area contributed by atoms with E-state index in [-0.39, 0.29) is 37.7 Å². The number of ether oxygens (including phenoxy) is 2. The van der Waals surface area contributed by atoms with Crippen molar-refractivity contribution in [2.45, 2.75) is 51.5 Å². The van der Waals surface area contributed by atoms with Crippen LogP contribution in [0.25, 0.3) is 0 Å². The summed E-state index contributed by atoms with van der Waals surface area (Å²) in [6, 6.07) is 13.9. The summed E-state index contributed by atoms with van der Waals surface area (Å²) < 4.78 is 13.7. The highest BCUT2D eigenvalue weighted by molar-refractivity contribution is 14.1. The number of aromatic nitrogens is 3. The van der Waals surface area contributed by atoms with Gasteiger partial charge in [-0.1, -0.05) is 43.3 Å². The normalized spacial score (nSPS) is 13.5. The molecule has 0 radical (unpaired) electrons. The van der Waals surface area contributed by atoms with E-state index < -0.39 is 12.2 Å². The minimum absolute atomic E-state index is 0.103. The predicted octanol–water partition coefficient (Wildman–Crippen LogP) is 3.43. The molecule has 0 fully saturated rings. The third kappa shape index (κ3) is 7.07. The first-order chi connectivity index (χ1) is 16.6. The van der Waals surface area contributed by atoms with Gasteiger partial charge in [-0.15, -0.1) is 16.7 Å². The molecule has 2 aromatic carbocycles. The van der Waals surface area contributed by atoms with Crippen LogP contribution in [-0.2, 0) is 18.6 Å². The Morgan fingerprint density at radius 1 is 1.03 bits per heavy atom. The van der Waals surface area contributed by atoms with Gasteiger partial charge < -0.3 is 24.8 Å². The summed E-state index contributed by atoms with van der Waals surface area (Å²) in [5.74, 6) is 1.52. The fraction of sp³-hybridized carbons (Fsp3) is 0.440. The fourth-order valence-electron chi connectivity index (χ4n) is 3.56. The molecule has 0 saturated carbocycles. The Morgan fingerprint density at radius 3 is 2.29 bits per heavy atom. The van der Waals surface area contributed by atoms with Crippen molar-refractivity contribution in [2.24, 2.45) is 0 Å². The smallest absolute Gasteiger partial charge is 0.125 e. The van der Waals surface area contributed by atoms with Crippen molar-refractivity contribution in [3.8, 4) is 11.5 Å². The van der Waals surface area contributed by atoms with E-state index in [1.165, 1.54) is 0 Å². The van der Waals surface area contributed by atoms with E-state index in [1.54, 1.807) is 4.68 Å². The molecule has 190 valence electrons. The molecule has 3 N–H and O–H groups in total. The maximum atomic E-state index is 10.3. The number of aliphatic hydroxyl groups is 3. The van der Waals surface area contributed by atoms with Gasteiger partial charge in [0.1, 0.15) is 46.3 Å². The van der Waals surface area contributed by atoms with Crippen molar-refractivity contribution >= 4 is 34.2 Å². The zero-order chi connectivity index (χ0) is 25.6. The number of hydrogen-bond donors (Lipinski definition) is 3. The average molecular weight is 616 g/mol. The molecule has 0 bridgehead atoms. The maximum absolute atomic E-state index is 10.3. The molecular formula is C25H31ClIN3O5. The predicted molar refractivity (Wildman–Crippen MR) is 142 cm³/mol. The molecule has 0 spiro atoms. The lowest BCUT2D eigenvalue weighted by atomic mass is 9.77. The lowest BCUT2D eigenvalue weighted by molar-refractivity contribution is 0.0881. The van der Waals surface area contributed by atoms with Crippen LogP contribution in [0.15, 0.2) is 42.5 Å². The van der Waals surface area contributed by atoms with Crippen LogP contribution in [0.5, 0.6) is 11.5 Å². The third-order valence-corrected chi connectivity index (χ3v) is 7.33. The van der Waals surface area contributed by atoms with E-state index in [0.717, 1.165) is 22.4 Å². The number of halogens is 2. The van der Waals surface area contributed by atoms with Crippen LogP contribution >= 0.6 is 34.2 Å². The molecule has 0 amide bonds. The summed E-state index contributed by atoms with van der Waals surface area (Å²) >= 11 is 7.68. The van der Waals surface area contributed by atoms with Crippen LogP contribution in [0.1, 0.15) is 36.2 Å². The SMILES string of the molecule is Cc1cc(C(C)(C)c2ccc(OC[C@@H](O)Cn3nnc(CO)c3I)cc2)ccc1OC[C@@H](O)CCl. The number of alkyl halides is 1. The standard InChI is InChI=1S/C25H31ClIN3O5/c1-16-10-18(6-9-23(16)35-14-19(32)11-26)25(2,3)17-4-7-21(8-5-17)34-15-20(33)12-30-24(27)22(13-31)28-29-30/h4-10,19-20,31-33H,11-15H2,1-3H3/t19-,20-/m0/s1. The van der Waals surface area contributed by atoms with Gasteiger partial charge >= 0.3 is 0 Å². The zero-order valence-electron chi connectivity index (χ0n) is 20.0. The Kier molecular flexibility index (Phi) is 9.77. The zero-order valence-corrected chi connectivity index (χ0v) is 22.9. The summed E-state index contributed by atoms with van der Waals surface area (Å²) in [4.78, 5) is 0. The van der Waals surface area contributed by atoms with E-state index in [9.17, 15) is 15.3 Å². The molecule has 0 unspecified atom stereocenters. The van der Waals surface area contributed by atoms with Crippen LogP contribution in [0.2, 0.25) is 0 Å². The van der Waals surface area contributed by atoms with E-state index in [1.807, 2.05) is 65.9 Å². The molecule has 0 saturated heterocycles. The average Bonchev–Trinajstić information content (AvgIpc) is 3.20.